The smallest absolute Gasteiger partial charge is 0.252 e. The first-order valence-corrected chi connectivity index (χ1v) is 10.8. The highest BCUT2D eigenvalue weighted by Gasteiger charge is 2.46. The standard InChI is InChI=1S/C26H28N2O2/c1-18-10-11-21(30-17-20-12-15-28(20)2)16-23(18)25(29)27-26(13-14-26)24-9-5-7-19-6-3-4-8-22(19)24/h3-11,16,20H,12-15,17H2,1-2H3,(H,27,29). The van der Waals surface area contributed by atoms with Crippen LogP contribution in [0.5, 0.6) is 5.75 Å². The van der Waals surface area contributed by atoms with Crippen molar-refractivity contribution in [2.75, 3.05) is 20.2 Å². The highest BCUT2D eigenvalue weighted by Crippen LogP contribution is 2.48. The zero-order chi connectivity index (χ0) is 20.7. The van der Waals surface area contributed by atoms with Crippen molar-refractivity contribution in [1.82, 2.24) is 10.2 Å². The summed E-state index contributed by atoms with van der Waals surface area (Å²) in [5.74, 6) is 0.741. The van der Waals surface area contributed by atoms with Crippen LogP contribution in [0, 0.1) is 6.92 Å². The van der Waals surface area contributed by atoms with Gasteiger partial charge in [-0.3, -0.25) is 9.69 Å². The number of ether oxygens (including phenoxy) is 1. The number of nitrogens with zero attached hydrogens (tertiary/aromatic N) is 1. The molecule has 1 aliphatic carbocycles. The van der Waals surface area contributed by atoms with Gasteiger partial charge in [-0.05, 0) is 73.8 Å². The Labute approximate surface area is 177 Å². The first-order chi connectivity index (χ1) is 14.6. The summed E-state index contributed by atoms with van der Waals surface area (Å²) < 4.78 is 5.99. The van der Waals surface area contributed by atoms with Crippen LogP contribution in [0.15, 0.2) is 60.7 Å². The van der Waals surface area contributed by atoms with Crippen LogP contribution in [0.1, 0.15) is 40.7 Å². The van der Waals surface area contributed by atoms with Crippen LogP contribution >= 0.6 is 0 Å². The number of carbonyl (C=O) groups is 1. The Kier molecular flexibility index (Phi) is 4.75. The second-order valence-corrected chi connectivity index (χ2v) is 8.77. The van der Waals surface area contributed by atoms with Crippen LogP contribution in [0.2, 0.25) is 0 Å². The molecule has 0 radical (unpaired) electrons. The highest BCUT2D eigenvalue weighted by atomic mass is 16.5. The molecule has 30 heavy (non-hydrogen) atoms. The Hall–Kier alpha value is -2.85. The molecule has 0 bridgehead atoms. The highest BCUT2D eigenvalue weighted by molar-refractivity contribution is 5.97. The number of fused-ring (bicyclic) bond motifs is 1. The van der Waals surface area contributed by atoms with E-state index in [-0.39, 0.29) is 11.4 Å². The summed E-state index contributed by atoms with van der Waals surface area (Å²) >= 11 is 0. The number of hydrogen-bond acceptors (Lipinski definition) is 3. The van der Waals surface area contributed by atoms with E-state index in [4.69, 9.17) is 4.74 Å². The Morgan fingerprint density at radius 1 is 1.13 bits per heavy atom. The SMILES string of the molecule is Cc1ccc(OCC2CCN2C)cc1C(=O)NC1(c2cccc3ccccc23)CC1. The molecular formula is C26H28N2O2. The van der Waals surface area contributed by atoms with Crippen molar-refractivity contribution in [2.45, 2.75) is 37.8 Å². The predicted molar refractivity (Wildman–Crippen MR) is 120 cm³/mol. The maximum atomic E-state index is 13.3. The van der Waals surface area contributed by atoms with E-state index in [1.54, 1.807) is 0 Å². The van der Waals surface area contributed by atoms with Crippen molar-refractivity contribution in [2.24, 2.45) is 0 Å². The third-order valence-electron chi connectivity index (χ3n) is 6.74. The number of likely N-dealkylation sites (tertiary alicyclic amines) is 1. The monoisotopic (exact) mass is 400 g/mol. The molecule has 1 amide bonds. The lowest BCUT2D eigenvalue weighted by atomic mass is 9.96. The van der Waals surface area contributed by atoms with E-state index in [1.807, 2.05) is 25.1 Å². The fourth-order valence-corrected chi connectivity index (χ4v) is 4.42. The van der Waals surface area contributed by atoms with Gasteiger partial charge >= 0.3 is 0 Å². The fraction of sp³-hybridized carbons (Fsp3) is 0.346. The zero-order valence-corrected chi connectivity index (χ0v) is 17.7. The fourth-order valence-electron chi connectivity index (χ4n) is 4.42. The van der Waals surface area contributed by atoms with E-state index >= 15 is 0 Å². The second kappa shape index (κ2) is 7.44. The molecule has 1 aliphatic heterocycles. The summed E-state index contributed by atoms with van der Waals surface area (Å²) in [6.07, 6.45) is 3.11. The van der Waals surface area contributed by atoms with Gasteiger partial charge in [0.25, 0.3) is 5.91 Å². The number of aryl methyl sites for hydroxylation is 1. The molecule has 1 unspecified atom stereocenters. The van der Waals surface area contributed by atoms with Crippen molar-refractivity contribution in [1.29, 1.82) is 0 Å². The topological polar surface area (TPSA) is 41.6 Å². The van der Waals surface area contributed by atoms with Gasteiger partial charge in [0.15, 0.2) is 0 Å². The Bertz CT molecular complexity index is 1100. The largest absolute Gasteiger partial charge is 0.492 e. The lowest BCUT2D eigenvalue weighted by molar-refractivity contribution is 0.0767. The Balaban J connectivity index is 1.36. The van der Waals surface area contributed by atoms with Gasteiger partial charge in [0.2, 0.25) is 0 Å². The number of nitrogens with one attached hydrogen (secondary N) is 1. The van der Waals surface area contributed by atoms with E-state index in [9.17, 15) is 4.79 Å². The third kappa shape index (κ3) is 3.46. The molecule has 154 valence electrons. The molecule has 0 spiro atoms. The number of rotatable bonds is 6. The van der Waals surface area contributed by atoms with Gasteiger partial charge in [0, 0.05) is 11.6 Å². The molecule has 4 heteroatoms. The van der Waals surface area contributed by atoms with E-state index in [0.29, 0.717) is 18.2 Å². The quantitative estimate of drug-likeness (QED) is 0.655. The van der Waals surface area contributed by atoms with Gasteiger partial charge in [0.05, 0.1) is 5.54 Å². The lowest BCUT2D eigenvalue weighted by Gasteiger charge is -2.37. The molecular weight excluding hydrogens is 372 g/mol. The first-order valence-electron chi connectivity index (χ1n) is 10.8. The minimum absolute atomic E-state index is 0.0239. The Morgan fingerprint density at radius 3 is 2.67 bits per heavy atom. The maximum Gasteiger partial charge on any atom is 0.252 e. The van der Waals surface area contributed by atoms with Crippen LogP contribution in [0.25, 0.3) is 10.8 Å². The van der Waals surface area contributed by atoms with Crippen LogP contribution in [-0.4, -0.2) is 37.0 Å². The van der Waals surface area contributed by atoms with E-state index in [1.165, 1.54) is 22.8 Å². The van der Waals surface area contributed by atoms with Gasteiger partial charge < -0.3 is 10.1 Å². The zero-order valence-electron chi connectivity index (χ0n) is 17.7. The predicted octanol–water partition coefficient (Wildman–Crippen LogP) is 4.65. The molecule has 3 aromatic rings. The molecule has 1 atom stereocenters. The Morgan fingerprint density at radius 2 is 1.93 bits per heavy atom. The summed E-state index contributed by atoms with van der Waals surface area (Å²) in [5, 5.41) is 5.78. The van der Waals surface area contributed by atoms with Crippen molar-refractivity contribution >= 4 is 16.7 Å². The minimum atomic E-state index is -0.268. The van der Waals surface area contributed by atoms with Crippen LogP contribution < -0.4 is 10.1 Å². The van der Waals surface area contributed by atoms with Crippen LogP contribution in [-0.2, 0) is 5.54 Å². The minimum Gasteiger partial charge on any atom is -0.492 e. The molecule has 2 fully saturated rings. The number of benzene rings is 3. The average molecular weight is 401 g/mol. The summed E-state index contributed by atoms with van der Waals surface area (Å²) in [5.41, 5.74) is 2.61. The van der Waals surface area contributed by atoms with Gasteiger partial charge in [-0.1, -0.05) is 48.5 Å². The molecule has 2 aliphatic rings. The second-order valence-electron chi connectivity index (χ2n) is 8.77. The molecule has 1 saturated heterocycles. The van der Waals surface area contributed by atoms with E-state index < -0.39 is 0 Å². The first kappa shape index (κ1) is 19.1. The lowest BCUT2D eigenvalue weighted by Crippen LogP contribution is -2.48. The summed E-state index contributed by atoms with van der Waals surface area (Å²) in [4.78, 5) is 15.6. The van der Waals surface area contributed by atoms with Gasteiger partial charge in [-0.2, -0.15) is 0 Å². The average Bonchev–Trinajstić information content (AvgIpc) is 3.53. The normalized spacial score (nSPS) is 19.9. The van der Waals surface area contributed by atoms with Crippen molar-refractivity contribution in [3.8, 4) is 5.75 Å². The maximum absolute atomic E-state index is 13.3. The molecule has 1 N–H and O–H groups in total. The number of amides is 1. The third-order valence-corrected chi connectivity index (χ3v) is 6.74. The van der Waals surface area contributed by atoms with Gasteiger partial charge in [-0.25, -0.2) is 0 Å². The van der Waals surface area contributed by atoms with Crippen molar-refractivity contribution in [3.05, 3.63) is 77.4 Å². The van der Waals surface area contributed by atoms with Gasteiger partial charge in [0.1, 0.15) is 12.4 Å². The number of carbonyl (C=O) groups excluding carboxylic acids is 1. The molecule has 5 rings (SSSR count). The number of likely N-dealkylation sites (N-methyl/N-ethyl adjacent to an activating group) is 1. The van der Waals surface area contributed by atoms with E-state index in [2.05, 4.69) is 59.7 Å². The summed E-state index contributed by atoms with van der Waals surface area (Å²) in [7, 11) is 2.12. The van der Waals surface area contributed by atoms with E-state index in [0.717, 1.165) is 30.7 Å². The summed E-state index contributed by atoms with van der Waals surface area (Å²) in [6, 6.07) is 21.1. The van der Waals surface area contributed by atoms with Crippen LogP contribution in [0.3, 0.4) is 0 Å². The molecule has 1 saturated carbocycles. The van der Waals surface area contributed by atoms with Crippen LogP contribution in [0.4, 0.5) is 0 Å². The molecule has 0 aromatic heterocycles. The summed E-state index contributed by atoms with van der Waals surface area (Å²) in [6.45, 7) is 3.78. The molecule has 4 nitrogen and oxygen atoms in total. The molecule has 3 aromatic carbocycles. The van der Waals surface area contributed by atoms with Crippen molar-refractivity contribution < 1.29 is 9.53 Å². The molecule has 1 heterocycles. The van der Waals surface area contributed by atoms with Gasteiger partial charge in [-0.15, -0.1) is 0 Å². The number of hydrogen-bond donors (Lipinski definition) is 1. The van der Waals surface area contributed by atoms with Crippen molar-refractivity contribution in [3.63, 3.8) is 0 Å².